The lowest BCUT2D eigenvalue weighted by Crippen LogP contribution is -2.47. The predicted octanol–water partition coefficient (Wildman–Crippen LogP) is 3.27. The van der Waals surface area contributed by atoms with Crippen molar-refractivity contribution in [1.29, 1.82) is 0 Å². The van der Waals surface area contributed by atoms with E-state index in [2.05, 4.69) is 13.8 Å². The third-order valence-electron chi connectivity index (χ3n) is 3.86. The number of carbonyl (C=O) groups is 1. The number of aryl methyl sites for hydroxylation is 1. The Hall–Kier alpha value is -1.51. The lowest BCUT2D eigenvalue weighted by Gasteiger charge is -2.36. The predicted molar refractivity (Wildman–Crippen MR) is 80.8 cm³/mol. The van der Waals surface area contributed by atoms with Gasteiger partial charge in [-0.05, 0) is 44.2 Å². The minimum atomic E-state index is -0.421. The largest absolute Gasteiger partial charge is 0.481 e. The molecule has 110 valence electrons. The first-order chi connectivity index (χ1) is 9.45. The molecule has 1 fully saturated rings. The number of hydrogen-bond acceptors (Lipinski definition) is 2. The molecule has 0 spiro atoms. The van der Waals surface area contributed by atoms with Crippen LogP contribution in [0.3, 0.4) is 0 Å². The van der Waals surface area contributed by atoms with Gasteiger partial charge in [0.05, 0.1) is 0 Å². The van der Waals surface area contributed by atoms with E-state index in [1.165, 1.54) is 12.0 Å². The van der Waals surface area contributed by atoms with Crippen molar-refractivity contribution in [3.63, 3.8) is 0 Å². The molecule has 1 heterocycles. The normalized spacial score (nSPS) is 24.3. The summed E-state index contributed by atoms with van der Waals surface area (Å²) in [5.74, 6) is 2.02. The van der Waals surface area contributed by atoms with Gasteiger partial charge < -0.3 is 9.64 Å². The summed E-state index contributed by atoms with van der Waals surface area (Å²) in [6.45, 7) is 10.00. The summed E-state index contributed by atoms with van der Waals surface area (Å²) in [6.07, 6.45) is 0.784. The highest BCUT2D eigenvalue weighted by Gasteiger charge is 2.29. The van der Waals surface area contributed by atoms with Gasteiger partial charge in [0.2, 0.25) is 0 Å². The Morgan fingerprint density at radius 2 is 1.75 bits per heavy atom. The van der Waals surface area contributed by atoms with Crippen molar-refractivity contribution in [1.82, 2.24) is 4.90 Å². The number of hydrogen-bond donors (Lipinski definition) is 0. The maximum atomic E-state index is 12.5. The first-order valence-electron chi connectivity index (χ1n) is 7.48. The van der Waals surface area contributed by atoms with E-state index in [9.17, 15) is 4.79 Å². The monoisotopic (exact) mass is 275 g/mol. The summed E-state index contributed by atoms with van der Waals surface area (Å²) in [7, 11) is 0. The van der Waals surface area contributed by atoms with Crippen LogP contribution < -0.4 is 4.74 Å². The standard InChI is InChI=1S/C17H25NO2/c1-12-5-7-16(8-6-12)20-15(4)17(19)18-10-13(2)9-14(3)11-18/h5-8,13-15H,9-11H2,1-4H3/t13-,14-,15+/m0/s1. The van der Waals surface area contributed by atoms with Crippen LogP contribution in [0.15, 0.2) is 24.3 Å². The molecule has 0 aliphatic carbocycles. The van der Waals surface area contributed by atoms with Gasteiger partial charge >= 0.3 is 0 Å². The molecule has 1 aliphatic rings. The van der Waals surface area contributed by atoms with Crippen LogP contribution in [0.1, 0.15) is 32.8 Å². The van der Waals surface area contributed by atoms with Crippen molar-refractivity contribution in [3.8, 4) is 5.75 Å². The van der Waals surface area contributed by atoms with E-state index in [1.54, 1.807) is 0 Å². The number of amides is 1. The Morgan fingerprint density at radius 1 is 1.20 bits per heavy atom. The molecule has 1 aromatic carbocycles. The van der Waals surface area contributed by atoms with E-state index in [0.29, 0.717) is 11.8 Å². The summed E-state index contributed by atoms with van der Waals surface area (Å²) in [6, 6.07) is 7.83. The van der Waals surface area contributed by atoms with Crippen molar-refractivity contribution in [2.45, 2.75) is 40.2 Å². The van der Waals surface area contributed by atoms with Crippen molar-refractivity contribution >= 4 is 5.91 Å². The number of nitrogens with zero attached hydrogens (tertiary/aromatic N) is 1. The highest BCUT2D eigenvalue weighted by Crippen LogP contribution is 2.22. The van der Waals surface area contributed by atoms with Gasteiger partial charge in [0.15, 0.2) is 6.10 Å². The lowest BCUT2D eigenvalue weighted by molar-refractivity contribution is -0.140. The summed E-state index contributed by atoms with van der Waals surface area (Å²) < 4.78 is 5.76. The Kier molecular flexibility index (Phi) is 4.69. The number of carbonyl (C=O) groups excluding carboxylic acids is 1. The van der Waals surface area contributed by atoms with Crippen LogP contribution in [-0.4, -0.2) is 30.0 Å². The zero-order valence-corrected chi connectivity index (χ0v) is 12.9. The summed E-state index contributed by atoms with van der Waals surface area (Å²) >= 11 is 0. The fourth-order valence-corrected chi connectivity index (χ4v) is 2.97. The molecule has 1 amide bonds. The molecule has 0 bridgehead atoms. The number of benzene rings is 1. The molecular weight excluding hydrogens is 250 g/mol. The van der Waals surface area contributed by atoms with Crippen molar-refractivity contribution in [3.05, 3.63) is 29.8 Å². The molecule has 20 heavy (non-hydrogen) atoms. The molecule has 1 aliphatic heterocycles. The van der Waals surface area contributed by atoms with Crippen LogP contribution in [0, 0.1) is 18.8 Å². The minimum absolute atomic E-state index is 0.101. The Labute approximate surface area is 121 Å². The Bertz CT molecular complexity index is 445. The number of piperidine rings is 1. The Morgan fingerprint density at radius 3 is 2.30 bits per heavy atom. The smallest absolute Gasteiger partial charge is 0.263 e. The van der Waals surface area contributed by atoms with Gasteiger partial charge in [0.25, 0.3) is 5.91 Å². The van der Waals surface area contributed by atoms with Crippen LogP contribution >= 0.6 is 0 Å². The molecule has 0 aromatic heterocycles. The molecule has 3 heteroatoms. The van der Waals surface area contributed by atoms with Crippen LogP contribution in [0.2, 0.25) is 0 Å². The zero-order valence-electron chi connectivity index (χ0n) is 12.9. The van der Waals surface area contributed by atoms with Gasteiger partial charge in [0.1, 0.15) is 5.75 Å². The SMILES string of the molecule is Cc1ccc(O[C@H](C)C(=O)N2C[C@@H](C)C[C@H](C)C2)cc1. The van der Waals surface area contributed by atoms with Crippen LogP contribution in [-0.2, 0) is 4.79 Å². The van der Waals surface area contributed by atoms with E-state index in [0.717, 1.165) is 18.8 Å². The number of ether oxygens (including phenoxy) is 1. The molecule has 2 rings (SSSR count). The first kappa shape index (κ1) is 14.9. The maximum Gasteiger partial charge on any atom is 0.263 e. The molecule has 1 saturated heterocycles. The minimum Gasteiger partial charge on any atom is -0.481 e. The van der Waals surface area contributed by atoms with Gasteiger partial charge in [-0.2, -0.15) is 0 Å². The summed E-state index contributed by atoms with van der Waals surface area (Å²) in [5, 5.41) is 0. The summed E-state index contributed by atoms with van der Waals surface area (Å²) in [4.78, 5) is 14.4. The van der Waals surface area contributed by atoms with E-state index in [-0.39, 0.29) is 5.91 Å². The van der Waals surface area contributed by atoms with Gasteiger partial charge in [-0.25, -0.2) is 0 Å². The maximum absolute atomic E-state index is 12.5. The van der Waals surface area contributed by atoms with E-state index >= 15 is 0 Å². The molecular formula is C17H25NO2. The van der Waals surface area contributed by atoms with Crippen molar-refractivity contribution < 1.29 is 9.53 Å². The van der Waals surface area contributed by atoms with Gasteiger partial charge in [-0.3, -0.25) is 4.79 Å². The van der Waals surface area contributed by atoms with E-state index in [4.69, 9.17) is 4.74 Å². The van der Waals surface area contributed by atoms with Crippen molar-refractivity contribution in [2.75, 3.05) is 13.1 Å². The van der Waals surface area contributed by atoms with Gasteiger partial charge in [-0.15, -0.1) is 0 Å². The fourth-order valence-electron chi connectivity index (χ4n) is 2.97. The zero-order chi connectivity index (χ0) is 14.7. The molecule has 0 N–H and O–H groups in total. The van der Waals surface area contributed by atoms with Gasteiger partial charge in [0, 0.05) is 13.1 Å². The quantitative estimate of drug-likeness (QED) is 0.847. The fraction of sp³-hybridized carbons (Fsp3) is 0.588. The van der Waals surface area contributed by atoms with Gasteiger partial charge in [-0.1, -0.05) is 31.5 Å². The van der Waals surface area contributed by atoms with E-state index < -0.39 is 6.10 Å². The lowest BCUT2D eigenvalue weighted by atomic mass is 9.91. The average Bonchev–Trinajstić information content (AvgIpc) is 2.39. The highest BCUT2D eigenvalue weighted by atomic mass is 16.5. The Balaban J connectivity index is 1.96. The topological polar surface area (TPSA) is 29.5 Å². The molecule has 1 aromatic rings. The summed E-state index contributed by atoms with van der Waals surface area (Å²) in [5.41, 5.74) is 1.19. The molecule has 3 nitrogen and oxygen atoms in total. The molecule has 0 radical (unpaired) electrons. The van der Waals surface area contributed by atoms with Crippen LogP contribution in [0.25, 0.3) is 0 Å². The second kappa shape index (κ2) is 6.29. The van der Waals surface area contributed by atoms with Crippen LogP contribution in [0.5, 0.6) is 5.75 Å². The first-order valence-corrected chi connectivity index (χ1v) is 7.48. The average molecular weight is 275 g/mol. The van der Waals surface area contributed by atoms with Crippen molar-refractivity contribution in [2.24, 2.45) is 11.8 Å². The second-order valence-electron chi connectivity index (χ2n) is 6.26. The van der Waals surface area contributed by atoms with E-state index in [1.807, 2.05) is 43.0 Å². The third kappa shape index (κ3) is 3.75. The highest BCUT2D eigenvalue weighted by molar-refractivity contribution is 5.81. The molecule has 0 unspecified atom stereocenters. The third-order valence-corrected chi connectivity index (χ3v) is 3.86. The second-order valence-corrected chi connectivity index (χ2v) is 6.26. The number of rotatable bonds is 3. The van der Waals surface area contributed by atoms with Crippen LogP contribution in [0.4, 0.5) is 0 Å². The molecule has 0 saturated carbocycles. The molecule has 3 atom stereocenters. The number of likely N-dealkylation sites (tertiary alicyclic amines) is 1.